The van der Waals surface area contributed by atoms with Crippen LogP contribution in [0.2, 0.25) is 0 Å². The zero-order valence-electron chi connectivity index (χ0n) is 6.74. The normalized spacial score (nSPS) is 12.5. The third kappa shape index (κ3) is 6.21. The van der Waals surface area contributed by atoms with Crippen LogP contribution in [-0.4, -0.2) is 20.3 Å². The molecule has 0 aliphatic rings. The fourth-order valence-corrected chi connectivity index (χ4v) is 1.15. The number of hydrogen-bond acceptors (Lipinski definition) is 4. The molecule has 0 rings (SSSR count). The maximum absolute atomic E-state index is 8.18. The smallest absolute Gasteiger partial charge is 0.316 e. The first-order chi connectivity index (χ1) is 5.35. The van der Waals surface area contributed by atoms with Crippen LogP contribution in [0.5, 0.6) is 0 Å². The summed E-state index contributed by atoms with van der Waals surface area (Å²) in [5, 5.41) is 8.18. The molecule has 0 saturated heterocycles. The van der Waals surface area contributed by atoms with Crippen LogP contribution in [-0.2, 0) is 13.6 Å². The fourth-order valence-electron chi connectivity index (χ4n) is 0.414. The minimum absolute atomic E-state index is 0.370. The highest BCUT2D eigenvalue weighted by atomic mass is 31.2. The van der Waals surface area contributed by atoms with Gasteiger partial charge in [0, 0.05) is 7.11 Å². The Kier molecular flexibility index (Phi) is 7.76. The molecule has 0 bridgehead atoms. The van der Waals surface area contributed by atoms with Crippen LogP contribution in [0.15, 0.2) is 0 Å². The third-order valence-corrected chi connectivity index (χ3v) is 1.95. The van der Waals surface area contributed by atoms with E-state index in [9.17, 15) is 0 Å². The van der Waals surface area contributed by atoms with E-state index in [0.717, 1.165) is 0 Å². The van der Waals surface area contributed by atoms with Crippen LogP contribution in [0.4, 0.5) is 0 Å². The molecule has 1 unspecified atom stereocenters. The van der Waals surface area contributed by atoms with Gasteiger partial charge in [-0.15, -0.1) is 0 Å². The Morgan fingerprint density at radius 3 is 2.64 bits per heavy atom. The average Bonchev–Trinajstić information content (AvgIpc) is 2.03. The molecule has 0 fully saturated rings. The average molecular weight is 177 g/mol. The van der Waals surface area contributed by atoms with Crippen LogP contribution >= 0.6 is 8.60 Å². The number of nitrogens with zero attached hydrogens (tertiary/aromatic N) is 1. The Balaban J connectivity index is 3.29. The lowest BCUT2D eigenvalue weighted by molar-refractivity contribution is 0.190. The van der Waals surface area contributed by atoms with Crippen LogP contribution < -0.4 is 0 Å². The Bertz CT molecular complexity index is 125. The van der Waals surface area contributed by atoms with E-state index in [4.69, 9.17) is 18.8 Å². The van der Waals surface area contributed by atoms with Crippen LogP contribution in [0, 0.1) is 11.3 Å². The fraction of sp³-hybridized carbons (Fsp3) is 0.833. The van der Waals surface area contributed by atoms with E-state index in [1.54, 1.807) is 0 Å². The first-order valence-electron chi connectivity index (χ1n) is 3.32. The molecule has 0 aliphatic carbocycles. The maximum Gasteiger partial charge on any atom is 0.332 e. The molecule has 4 nitrogen and oxygen atoms in total. The van der Waals surface area contributed by atoms with Crippen molar-refractivity contribution in [1.29, 1.82) is 5.26 Å². The molecule has 0 spiro atoms. The Labute approximate surface area is 68.1 Å². The second-order valence-electron chi connectivity index (χ2n) is 1.57. The number of nitriles is 1. The molecule has 1 atom stereocenters. The summed E-state index contributed by atoms with van der Waals surface area (Å²) in [5.74, 6) is 0. The zero-order valence-corrected chi connectivity index (χ0v) is 7.63. The number of rotatable bonds is 6. The van der Waals surface area contributed by atoms with Gasteiger partial charge >= 0.3 is 8.60 Å². The summed E-state index contributed by atoms with van der Waals surface area (Å²) in [5.41, 5.74) is 0. The summed E-state index contributed by atoms with van der Waals surface area (Å²) >= 11 is 0. The summed E-state index contributed by atoms with van der Waals surface area (Å²) in [6, 6.07) is 1.96. The van der Waals surface area contributed by atoms with Gasteiger partial charge in [-0.25, -0.2) is 0 Å². The van der Waals surface area contributed by atoms with E-state index in [-0.39, 0.29) is 0 Å². The summed E-state index contributed by atoms with van der Waals surface area (Å²) < 4.78 is 15.0. The van der Waals surface area contributed by atoms with Gasteiger partial charge in [0.15, 0.2) is 0 Å². The van der Waals surface area contributed by atoms with Gasteiger partial charge < -0.3 is 13.6 Å². The Hall–Kier alpha value is -0.200. The zero-order chi connectivity index (χ0) is 8.53. The number of hydrogen-bond donors (Lipinski definition) is 0. The minimum Gasteiger partial charge on any atom is -0.316 e. The summed E-state index contributed by atoms with van der Waals surface area (Å²) in [6.45, 7) is 2.80. The van der Waals surface area contributed by atoms with Crippen molar-refractivity contribution in [1.82, 2.24) is 0 Å². The molecule has 64 valence electrons. The van der Waals surface area contributed by atoms with Crippen molar-refractivity contribution in [3.05, 3.63) is 0 Å². The maximum atomic E-state index is 8.18. The van der Waals surface area contributed by atoms with E-state index in [1.165, 1.54) is 7.11 Å². The third-order valence-electron chi connectivity index (χ3n) is 0.794. The molecule has 0 radical (unpaired) electrons. The minimum atomic E-state index is -1.22. The summed E-state index contributed by atoms with van der Waals surface area (Å²) in [7, 11) is 0.300. The molecule has 5 heteroatoms. The van der Waals surface area contributed by atoms with Crippen molar-refractivity contribution in [2.75, 3.05) is 20.3 Å². The van der Waals surface area contributed by atoms with Crippen molar-refractivity contribution < 1.29 is 13.6 Å². The van der Waals surface area contributed by atoms with E-state index < -0.39 is 8.60 Å². The van der Waals surface area contributed by atoms with Gasteiger partial charge in [0.1, 0.15) is 0 Å². The molecule has 11 heavy (non-hydrogen) atoms. The second-order valence-corrected chi connectivity index (χ2v) is 2.89. The first-order valence-corrected chi connectivity index (χ1v) is 4.41. The highest BCUT2D eigenvalue weighted by Gasteiger charge is 2.07. The van der Waals surface area contributed by atoms with Gasteiger partial charge in [-0.1, -0.05) is 0 Å². The predicted molar refractivity (Wildman–Crippen MR) is 41.7 cm³/mol. The van der Waals surface area contributed by atoms with Crippen molar-refractivity contribution in [2.24, 2.45) is 0 Å². The Morgan fingerprint density at radius 1 is 1.45 bits per heavy atom. The van der Waals surface area contributed by atoms with Gasteiger partial charge in [0.2, 0.25) is 0 Å². The van der Waals surface area contributed by atoms with Crippen LogP contribution in [0.25, 0.3) is 0 Å². The topological polar surface area (TPSA) is 51.5 Å². The second kappa shape index (κ2) is 7.90. The highest BCUT2D eigenvalue weighted by molar-refractivity contribution is 7.41. The summed E-state index contributed by atoms with van der Waals surface area (Å²) in [4.78, 5) is 0. The van der Waals surface area contributed by atoms with Gasteiger partial charge in [0.25, 0.3) is 0 Å². The molecule has 0 aromatic heterocycles. The SMILES string of the molecule is CCOP(OC)OCCC#N. The lowest BCUT2D eigenvalue weighted by Crippen LogP contribution is -1.93. The molecular formula is C6H12NO3P. The van der Waals surface area contributed by atoms with Crippen LogP contribution in [0.1, 0.15) is 13.3 Å². The lowest BCUT2D eigenvalue weighted by Gasteiger charge is -2.11. The van der Waals surface area contributed by atoms with Gasteiger partial charge in [-0.2, -0.15) is 5.26 Å². The van der Waals surface area contributed by atoms with Gasteiger partial charge in [-0.3, -0.25) is 0 Å². The molecule has 0 N–H and O–H groups in total. The Morgan fingerprint density at radius 2 is 2.18 bits per heavy atom. The summed E-state index contributed by atoms with van der Waals surface area (Å²) in [6.07, 6.45) is 0.370. The van der Waals surface area contributed by atoms with E-state index in [1.807, 2.05) is 13.0 Å². The standard InChI is InChI=1S/C6H12NO3P/c1-3-9-11(8-2)10-6-4-5-7/h3-4,6H2,1-2H3. The van der Waals surface area contributed by atoms with Crippen molar-refractivity contribution in [3.63, 3.8) is 0 Å². The van der Waals surface area contributed by atoms with Crippen molar-refractivity contribution in [3.8, 4) is 6.07 Å². The quantitative estimate of drug-likeness (QED) is 0.458. The van der Waals surface area contributed by atoms with E-state index >= 15 is 0 Å². The molecule has 0 amide bonds. The van der Waals surface area contributed by atoms with E-state index in [0.29, 0.717) is 19.6 Å². The van der Waals surface area contributed by atoms with Gasteiger partial charge in [0.05, 0.1) is 25.7 Å². The first kappa shape index (κ1) is 10.8. The van der Waals surface area contributed by atoms with Gasteiger partial charge in [-0.05, 0) is 6.92 Å². The highest BCUT2D eigenvalue weighted by Crippen LogP contribution is 2.37. The molecule has 0 aromatic carbocycles. The van der Waals surface area contributed by atoms with E-state index in [2.05, 4.69) is 0 Å². The van der Waals surface area contributed by atoms with Crippen LogP contribution in [0.3, 0.4) is 0 Å². The van der Waals surface area contributed by atoms with Crippen molar-refractivity contribution >= 4 is 8.60 Å². The van der Waals surface area contributed by atoms with Crippen molar-refractivity contribution in [2.45, 2.75) is 13.3 Å². The molecule has 0 aromatic rings. The molecule has 0 aliphatic heterocycles. The lowest BCUT2D eigenvalue weighted by atomic mass is 10.5. The molecular weight excluding hydrogens is 165 g/mol. The monoisotopic (exact) mass is 177 g/mol. The molecule has 0 heterocycles. The largest absolute Gasteiger partial charge is 0.332 e. The molecule has 0 saturated carbocycles. The predicted octanol–water partition coefficient (Wildman–Crippen LogP) is 1.83.